The predicted molar refractivity (Wildman–Crippen MR) is 96.7 cm³/mol. The van der Waals surface area contributed by atoms with E-state index in [0.717, 1.165) is 28.3 Å². The Kier molecular flexibility index (Phi) is 4.24. The number of benzene rings is 3. The topological polar surface area (TPSA) is 58.6 Å². The first-order chi connectivity index (χ1) is 13.0. The molecule has 27 heavy (non-hydrogen) atoms. The van der Waals surface area contributed by atoms with Crippen LogP contribution in [-0.4, -0.2) is 17.8 Å². The van der Waals surface area contributed by atoms with Crippen molar-refractivity contribution in [2.24, 2.45) is 0 Å². The minimum atomic E-state index is -1.11. The maximum atomic E-state index is 13.7. The summed E-state index contributed by atoms with van der Waals surface area (Å²) in [4.78, 5) is 12.1. The van der Waals surface area contributed by atoms with Crippen LogP contribution in [0.2, 0.25) is 0 Å². The van der Waals surface area contributed by atoms with Crippen molar-refractivity contribution in [2.45, 2.75) is 5.92 Å². The second-order valence-corrected chi connectivity index (χ2v) is 6.23. The third-order valence-corrected chi connectivity index (χ3v) is 4.62. The highest BCUT2D eigenvalue weighted by Gasteiger charge is 2.29. The summed E-state index contributed by atoms with van der Waals surface area (Å²) >= 11 is 0. The van der Waals surface area contributed by atoms with Crippen LogP contribution in [0.25, 0.3) is 11.1 Å². The molecule has 0 spiro atoms. The second kappa shape index (κ2) is 6.72. The summed E-state index contributed by atoms with van der Waals surface area (Å²) in [7, 11) is 0. The zero-order valence-corrected chi connectivity index (χ0v) is 14.1. The molecule has 0 saturated heterocycles. The average Bonchev–Trinajstić information content (AvgIpc) is 2.98. The van der Waals surface area contributed by atoms with Crippen molar-refractivity contribution >= 4 is 11.8 Å². The Morgan fingerprint density at radius 3 is 2.19 bits per heavy atom. The van der Waals surface area contributed by atoms with Crippen molar-refractivity contribution in [1.29, 1.82) is 0 Å². The zero-order chi connectivity index (χ0) is 19.0. The first kappa shape index (κ1) is 17.0. The number of halogens is 2. The molecule has 1 aliphatic carbocycles. The Bertz CT molecular complexity index is 990. The number of rotatable bonds is 3. The normalized spacial score (nSPS) is 12.4. The van der Waals surface area contributed by atoms with E-state index in [9.17, 15) is 18.7 Å². The van der Waals surface area contributed by atoms with Gasteiger partial charge >= 0.3 is 6.09 Å². The summed E-state index contributed by atoms with van der Waals surface area (Å²) in [5, 5.41) is 11.5. The quantitative estimate of drug-likeness (QED) is 0.682. The Morgan fingerprint density at radius 2 is 1.56 bits per heavy atom. The zero-order valence-electron chi connectivity index (χ0n) is 14.1. The summed E-state index contributed by atoms with van der Waals surface area (Å²) in [5.74, 6) is -3.00. The van der Waals surface area contributed by atoms with Gasteiger partial charge in [-0.15, -0.1) is 0 Å². The van der Waals surface area contributed by atoms with Crippen molar-refractivity contribution < 1.29 is 23.4 Å². The van der Waals surface area contributed by atoms with Gasteiger partial charge in [-0.05, 0) is 22.3 Å². The van der Waals surface area contributed by atoms with Gasteiger partial charge < -0.3 is 9.84 Å². The first-order valence-electron chi connectivity index (χ1n) is 8.34. The van der Waals surface area contributed by atoms with Crippen LogP contribution in [0.1, 0.15) is 17.0 Å². The van der Waals surface area contributed by atoms with Crippen molar-refractivity contribution in [2.75, 3.05) is 11.9 Å². The molecule has 0 aliphatic heterocycles. The lowest BCUT2D eigenvalue weighted by molar-refractivity contribution is 0.158. The number of aromatic hydroxyl groups is 1. The monoisotopic (exact) mass is 367 g/mol. The largest absolute Gasteiger partial charge is 0.505 e. The molecule has 4 nitrogen and oxygen atoms in total. The lowest BCUT2D eigenvalue weighted by atomic mass is 9.98. The summed E-state index contributed by atoms with van der Waals surface area (Å²) < 4.78 is 32.1. The Labute approximate surface area is 154 Å². The molecular weight excluding hydrogens is 352 g/mol. The fourth-order valence-corrected chi connectivity index (χ4v) is 3.38. The molecule has 4 rings (SSSR count). The van der Waals surface area contributed by atoms with Gasteiger partial charge in [0.05, 0.1) is 5.69 Å². The molecule has 1 aliphatic rings. The summed E-state index contributed by atoms with van der Waals surface area (Å²) in [6, 6.07) is 17.1. The molecule has 0 fully saturated rings. The molecule has 0 atom stereocenters. The molecule has 2 N–H and O–H groups in total. The van der Waals surface area contributed by atoms with Gasteiger partial charge in [-0.2, -0.15) is 0 Å². The lowest BCUT2D eigenvalue weighted by Gasteiger charge is -2.15. The number of ether oxygens (including phenoxy) is 1. The minimum absolute atomic E-state index is 0.0641. The van der Waals surface area contributed by atoms with Gasteiger partial charge in [-0.3, -0.25) is 5.32 Å². The molecule has 3 aromatic carbocycles. The van der Waals surface area contributed by atoms with Gasteiger partial charge in [0, 0.05) is 18.1 Å². The van der Waals surface area contributed by atoms with Crippen LogP contribution in [0, 0.1) is 11.6 Å². The second-order valence-electron chi connectivity index (χ2n) is 6.23. The van der Waals surface area contributed by atoms with E-state index in [2.05, 4.69) is 5.32 Å². The molecule has 0 saturated carbocycles. The van der Waals surface area contributed by atoms with Crippen LogP contribution in [0.4, 0.5) is 19.3 Å². The number of anilines is 1. The number of carbonyl (C=O) groups is 1. The maximum absolute atomic E-state index is 13.7. The van der Waals surface area contributed by atoms with E-state index >= 15 is 0 Å². The fourth-order valence-electron chi connectivity index (χ4n) is 3.38. The molecule has 6 heteroatoms. The van der Waals surface area contributed by atoms with E-state index in [1.165, 1.54) is 0 Å². The summed E-state index contributed by atoms with van der Waals surface area (Å²) in [5.41, 5.74) is 3.94. The average molecular weight is 367 g/mol. The number of fused-ring (bicyclic) bond motifs is 3. The number of hydrogen-bond acceptors (Lipinski definition) is 3. The number of carbonyl (C=O) groups excluding carboxylic acids is 1. The maximum Gasteiger partial charge on any atom is 0.411 e. The number of phenols is 1. The van der Waals surface area contributed by atoms with E-state index < -0.39 is 23.5 Å². The SMILES string of the molecule is O=C(Nc1cc(O)c(F)cc1F)OCC1c2ccccc2-c2ccccc21. The standard InChI is InChI=1S/C21H15F2NO3/c22-17-9-18(23)20(25)10-19(17)24-21(26)27-11-16-14-7-3-1-5-12(14)13-6-2-4-8-15(13)16/h1-10,16,25H,11H2,(H,24,26). The van der Waals surface area contributed by atoms with Gasteiger partial charge in [0.25, 0.3) is 0 Å². The number of amides is 1. The van der Waals surface area contributed by atoms with Crippen LogP contribution in [-0.2, 0) is 4.74 Å². The van der Waals surface area contributed by atoms with Crippen LogP contribution in [0.5, 0.6) is 5.75 Å². The van der Waals surface area contributed by atoms with Gasteiger partial charge in [0.15, 0.2) is 11.6 Å². The summed E-state index contributed by atoms with van der Waals surface area (Å²) in [6.07, 6.45) is -0.887. The van der Waals surface area contributed by atoms with E-state index in [0.29, 0.717) is 6.07 Å². The third kappa shape index (κ3) is 3.10. The van der Waals surface area contributed by atoms with E-state index in [1.54, 1.807) is 0 Å². The highest BCUT2D eigenvalue weighted by atomic mass is 19.1. The van der Waals surface area contributed by atoms with E-state index in [-0.39, 0.29) is 18.2 Å². The van der Waals surface area contributed by atoms with E-state index in [1.807, 2.05) is 48.5 Å². The Morgan fingerprint density at radius 1 is 0.963 bits per heavy atom. The lowest BCUT2D eigenvalue weighted by Crippen LogP contribution is -2.18. The van der Waals surface area contributed by atoms with Crippen molar-refractivity contribution in [3.05, 3.63) is 83.4 Å². The number of hydrogen-bond donors (Lipinski definition) is 2. The molecule has 1 amide bonds. The van der Waals surface area contributed by atoms with Gasteiger partial charge in [-0.1, -0.05) is 48.5 Å². The molecule has 0 aromatic heterocycles. The van der Waals surface area contributed by atoms with Crippen LogP contribution >= 0.6 is 0 Å². The minimum Gasteiger partial charge on any atom is -0.505 e. The van der Waals surface area contributed by atoms with Gasteiger partial charge in [-0.25, -0.2) is 13.6 Å². The van der Waals surface area contributed by atoms with E-state index in [4.69, 9.17) is 4.74 Å². The van der Waals surface area contributed by atoms with Gasteiger partial charge in [0.1, 0.15) is 12.4 Å². The molecule has 0 radical (unpaired) electrons. The predicted octanol–water partition coefficient (Wildman–Crippen LogP) is 5.03. The van der Waals surface area contributed by atoms with Crippen molar-refractivity contribution in [3.8, 4) is 16.9 Å². The van der Waals surface area contributed by atoms with Gasteiger partial charge in [0.2, 0.25) is 0 Å². The van der Waals surface area contributed by atoms with Crippen molar-refractivity contribution in [1.82, 2.24) is 0 Å². The van der Waals surface area contributed by atoms with Crippen LogP contribution in [0.15, 0.2) is 60.7 Å². The number of phenolic OH excluding ortho intramolecular Hbond substituents is 1. The smallest absolute Gasteiger partial charge is 0.411 e. The fraction of sp³-hybridized carbons (Fsp3) is 0.0952. The highest BCUT2D eigenvalue weighted by Crippen LogP contribution is 2.44. The Hall–Kier alpha value is -3.41. The number of nitrogens with one attached hydrogen (secondary N) is 1. The summed E-state index contributed by atoms with van der Waals surface area (Å²) in [6.45, 7) is 0.0641. The van der Waals surface area contributed by atoms with Crippen LogP contribution in [0.3, 0.4) is 0 Å². The first-order valence-corrected chi connectivity index (χ1v) is 8.34. The molecule has 0 heterocycles. The molecule has 0 unspecified atom stereocenters. The highest BCUT2D eigenvalue weighted by molar-refractivity contribution is 5.85. The van der Waals surface area contributed by atoms with Crippen LogP contribution < -0.4 is 5.32 Å². The molecule has 0 bridgehead atoms. The molecule has 136 valence electrons. The molecule has 3 aromatic rings. The Balaban J connectivity index is 1.51. The van der Waals surface area contributed by atoms with Crippen molar-refractivity contribution in [3.63, 3.8) is 0 Å². The third-order valence-electron chi connectivity index (χ3n) is 4.62. The molecular formula is C21H15F2NO3.